The van der Waals surface area contributed by atoms with Crippen molar-refractivity contribution in [1.29, 1.82) is 0 Å². The van der Waals surface area contributed by atoms with Gasteiger partial charge in [0.1, 0.15) is 22.9 Å². The van der Waals surface area contributed by atoms with Gasteiger partial charge in [-0.3, -0.25) is 14.9 Å². The van der Waals surface area contributed by atoms with E-state index in [1.807, 2.05) is 0 Å². The molecule has 6 nitrogen and oxygen atoms in total. The van der Waals surface area contributed by atoms with Crippen molar-refractivity contribution >= 4 is 57.1 Å². The molecule has 0 unspecified atom stereocenters. The van der Waals surface area contributed by atoms with E-state index in [1.165, 1.54) is 24.3 Å². The van der Waals surface area contributed by atoms with Gasteiger partial charge in [0.2, 0.25) is 0 Å². The van der Waals surface area contributed by atoms with Crippen molar-refractivity contribution in [3.63, 3.8) is 0 Å². The number of amides is 4. The Kier molecular flexibility index (Phi) is 5.27. The van der Waals surface area contributed by atoms with Gasteiger partial charge in [-0.1, -0.05) is 27.5 Å². The molecule has 0 radical (unpaired) electrons. The van der Waals surface area contributed by atoms with Gasteiger partial charge >= 0.3 is 6.03 Å². The van der Waals surface area contributed by atoms with Gasteiger partial charge in [-0.25, -0.2) is 14.1 Å². The highest BCUT2D eigenvalue weighted by Gasteiger charge is 2.37. The molecule has 9 heteroatoms. The van der Waals surface area contributed by atoms with E-state index in [0.29, 0.717) is 17.0 Å². The number of benzene rings is 2. The monoisotopic (exact) mass is 488 g/mol. The molecule has 2 aromatic carbocycles. The van der Waals surface area contributed by atoms with Crippen LogP contribution >= 0.6 is 27.5 Å². The van der Waals surface area contributed by atoms with Crippen molar-refractivity contribution in [2.45, 2.75) is 0 Å². The summed E-state index contributed by atoms with van der Waals surface area (Å²) in [7, 11) is 0. The molecular weight excluding hydrogens is 479 g/mol. The average Bonchev–Trinajstić information content (AvgIpc) is 3.17. The average molecular weight is 490 g/mol. The number of halogens is 3. The first-order valence-corrected chi connectivity index (χ1v) is 9.73. The third-order valence-corrected chi connectivity index (χ3v) is 5.12. The van der Waals surface area contributed by atoms with E-state index in [4.69, 9.17) is 16.0 Å². The molecule has 0 spiro atoms. The number of furan rings is 1. The Hall–Kier alpha value is -3.23. The first kappa shape index (κ1) is 20.1. The predicted molar refractivity (Wildman–Crippen MR) is 112 cm³/mol. The number of rotatable bonds is 3. The third-order valence-electron chi connectivity index (χ3n) is 4.30. The highest BCUT2D eigenvalue weighted by molar-refractivity contribution is 9.10. The van der Waals surface area contributed by atoms with Gasteiger partial charge in [-0.15, -0.1) is 0 Å². The van der Waals surface area contributed by atoms with Crippen LogP contribution in [0.15, 0.2) is 69.1 Å². The van der Waals surface area contributed by atoms with Gasteiger partial charge in [-0.2, -0.15) is 0 Å². The van der Waals surface area contributed by atoms with Crippen LogP contribution in [0.2, 0.25) is 5.02 Å². The van der Waals surface area contributed by atoms with Crippen molar-refractivity contribution < 1.29 is 23.2 Å². The summed E-state index contributed by atoms with van der Waals surface area (Å²) in [6.45, 7) is 0. The molecule has 1 fully saturated rings. The maximum atomic E-state index is 13.4. The number of carbonyl (C=O) groups is 3. The molecule has 4 rings (SSSR count). The van der Waals surface area contributed by atoms with Crippen LogP contribution in [0, 0.1) is 5.82 Å². The Morgan fingerprint density at radius 2 is 1.77 bits per heavy atom. The molecule has 0 aliphatic carbocycles. The fourth-order valence-corrected chi connectivity index (χ4v) is 3.30. The molecule has 150 valence electrons. The SMILES string of the molecule is O=C1NC(=O)N(c2ccc(Br)cc2)C(=O)/C1=C/c1ccc(-c2ccc(F)c(Cl)c2)o1. The summed E-state index contributed by atoms with van der Waals surface area (Å²) in [4.78, 5) is 38.2. The molecule has 0 bridgehead atoms. The molecule has 1 aliphatic rings. The van der Waals surface area contributed by atoms with E-state index in [1.54, 1.807) is 36.4 Å². The zero-order chi connectivity index (χ0) is 21.4. The second-order valence-corrected chi connectivity index (χ2v) is 7.59. The van der Waals surface area contributed by atoms with E-state index >= 15 is 0 Å². The van der Waals surface area contributed by atoms with Crippen LogP contribution in [-0.4, -0.2) is 17.8 Å². The fourth-order valence-electron chi connectivity index (χ4n) is 2.86. The molecule has 4 amide bonds. The zero-order valence-electron chi connectivity index (χ0n) is 15.0. The standard InChI is InChI=1S/C21H11BrClFN2O4/c22-12-2-4-13(5-3-12)26-20(28)15(19(27)25-21(26)29)10-14-6-8-18(30-14)11-1-7-17(24)16(23)9-11/h1-10H,(H,25,27,29)/b15-10+. The number of imide groups is 2. The van der Waals surface area contributed by atoms with Crippen LogP contribution < -0.4 is 10.2 Å². The first-order valence-electron chi connectivity index (χ1n) is 8.56. The van der Waals surface area contributed by atoms with Crippen molar-refractivity contribution in [3.05, 3.63) is 81.2 Å². The molecule has 1 saturated heterocycles. The Morgan fingerprint density at radius 3 is 2.47 bits per heavy atom. The zero-order valence-corrected chi connectivity index (χ0v) is 17.3. The maximum absolute atomic E-state index is 13.4. The summed E-state index contributed by atoms with van der Waals surface area (Å²) in [6.07, 6.45) is 1.24. The number of hydrogen-bond donors (Lipinski definition) is 1. The quantitative estimate of drug-likeness (QED) is 0.407. The van der Waals surface area contributed by atoms with Gasteiger partial charge in [0, 0.05) is 10.0 Å². The number of urea groups is 1. The Bertz CT molecular complexity index is 1220. The van der Waals surface area contributed by atoms with Crippen molar-refractivity contribution in [2.75, 3.05) is 4.90 Å². The molecule has 0 saturated carbocycles. The van der Waals surface area contributed by atoms with Gasteiger partial charge in [0.05, 0.1) is 10.7 Å². The highest BCUT2D eigenvalue weighted by Crippen LogP contribution is 2.28. The molecule has 30 heavy (non-hydrogen) atoms. The van der Waals surface area contributed by atoms with E-state index in [0.717, 1.165) is 9.37 Å². The van der Waals surface area contributed by atoms with E-state index in [9.17, 15) is 18.8 Å². The van der Waals surface area contributed by atoms with Crippen molar-refractivity contribution in [3.8, 4) is 11.3 Å². The molecule has 1 aromatic heterocycles. The Labute approximate surface area is 183 Å². The summed E-state index contributed by atoms with van der Waals surface area (Å²) >= 11 is 9.08. The van der Waals surface area contributed by atoms with Crippen molar-refractivity contribution in [1.82, 2.24) is 5.32 Å². The minimum absolute atomic E-state index is 0.0608. The van der Waals surface area contributed by atoms with Crippen LogP contribution in [0.5, 0.6) is 0 Å². The lowest BCUT2D eigenvalue weighted by atomic mass is 10.1. The lowest BCUT2D eigenvalue weighted by molar-refractivity contribution is -0.122. The van der Waals surface area contributed by atoms with Crippen LogP contribution in [0.1, 0.15) is 5.76 Å². The predicted octanol–water partition coefficient (Wildman–Crippen LogP) is 5.17. The minimum Gasteiger partial charge on any atom is -0.457 e. The van der Waals surface area contributed by atoms with Gasteiger partial charge < -0.3 is 4.42 Å². The Balaban J connectivity index is 1.67. The largest absolute Gasteiger partial charge is 0.457 e. The smallest absolute Gasteiger partial charge is 0.335 e. The van der Waals surface area contributed by atoms with Crippen LogP contribution in [-0.2, 0) is 9.59 Å². The summed E-state index contributed by atoms with van der Waals surface area (Å²) in [5, 5.41) is 2.08. The number of hydrogen-bond acceptors (Lipinski definition) is 4. The normalized spacial score (nSPS) is 15.6. The fraction of sp³-hybridized carbons (Fsp3) is 0. The molecule has 1 aliphatic heterocycles. The molecule has 2 heterocycles. The van der Waals surface area contributed by atoms with E-state index in [2.05, 4.69) is 21.2 Å². The van der Waals surface area contributed by atoms with Gasteiger partial charge in [0.15, 0.2) is 0 Å². The molecule has 0 atom stereocenters. The van der Waals surface area contributed by atoms with Crippen molar-refractivity contribution in [2.24, 2.45) is 0 Å². The maximum Gasteiger partial charge on any atom is 0.335 e. The topological polar surface area (TPSA) is 79.6 Å². The summed E-state index contributed by atoms with van der Waals surface area (Å²) in [5.74, 6) is -1.60. The Morgan fingerprint density at radius 1 is 1.03 bits per heavy atom. The third kappa shape index (κ3) is 3.79. The number of anilines is 1. The molecular formula is C21H11BrClFN2O4. The van der Waals surface area contributed by atoms with E-state index in [-0.39, 0.29) is 16.4 Å². The van der Waals surface area contributed by atoms with Crippen LogP contribution in [0.3, 0.4) is 0 Å². The number of carbonyl (C=O) groups excluding carboxylic acids is 3. The number of nitrogens with one attached hydrogen (secondary N) is 1. The molecule has 1 N–H and O–H groups in total. The van der Waals surface area contributed by atoms with Crippen LogP contribution in [0.4, 0.5) is 14.9 Å². The number of nitrogens with zero attached hydrogens (tertiary/aromatic N) is 1. The lowest BCUT2D eigenvalue weighted by Crippen LogP contribution is -2.54. The summed E-state index contributed by atoms with van der Waals surface area (Å²) < 4.78 is 19.8. The minimum atomic E-state index is -0.842. The first-order chi connectivity index (χ1) is 14.3. The van der Waals surface area contributed by atoms with E-state index < -0.39 is 23.7 Å². The highest BCUT2D eigenvalue weighted by atomic mass is 79.9. The second-order valence-electron chi connectivity index (χ2n) is 6.27. The summed E-state index contributed by atoms with van der Waals surface area (Å²) in [6, 6.07) is 12.9. The second kappa shape index (κ2) is 7.89. The number of barbiturate groups is 1. The summed E-state index contributed by atoms with van der Waals surface area (Å²) in [5.41, 5.74) is 0.563. The van der Waals surface area contributed by atoms with Crippen LogP contribution in [0.25, 0.3) is 17.4 Å². The lowest BCUT2D eigenvalue weighted by Gasteiger charge is -2.26. The van der Waals surface area contributed by atoms with Gasteiger partial charge in [-0.05, 0) is 60.7 Å². The molecule has 3 aromatic rings. The van der Waals surface area contributed by atoms with Gasteiger partial charge in [0.25, 0.3) is 11.8 Å².